The van der Waals surface area contributed by atoms with Gasteiger partial charge in [0.1, 0.15) is 11.4 Å². The summed E-state index contributed by atoms with van der Waals surface area (Å²) in [5.41, 5.74) is 4.72. The van der Waals surface area contributed by atoms with E-state index in [0.29, 0.717) is 22.9 Å². The lowest BCUT2D eigenvalue weighted by Gasteiger charge is -2.22. The second-order valence-corrected chi connectivity index (χ2v) is 7.07. The molecule has 0 saturated heterocycles. The molecule has 134 valence electrons. The van der Waals surface area contributed by atoms with Gasteiger partial charge in [-0.3, -0.25) is 4.79 Å². The standard InChI is InChI=1S/C20H20ClN3O2/c1-12-9-16(18(26-2)11-14(12)21)23-20(25)13-6-7-15-17(10-13)24-8-4-3-5-19(24)22-15/h3-5,8-9,11,13H,6-7,10H2,1-2H3,(H,23,25). The number of carbonyl (C=O) groups is 1. The molecule has 2 aromatic heterocycles. The van der Waals surface area contributed by atoms with Crippen LogP contribution >= 0.6 is 11.6 Å². The Bertz CT molecular complexity index is 996. The molecule has 2 heterocycles. The number of pyridine rings is 1. The Morgan fingerprint density at radius 3 is 3.04 bits per heavy atom. The number of methoxy groups -OCH3 is 1. The lowest BCUT2D eigenvalue weighted by atomic mass is 9.89. The molecule has 1 amide bonds. The van der Waals surface area contributed by atoms with Crippen LogP contribution in [0, 0.1) is 12.8 Å². The summed E-state index contributed by atoms with van der Waals surface area (Å²) in [6, 6.07) is 9.54. The molecule has 1 atom stereocenters. The van der Waals surface area contributed by atoms with E-state index in [-0.39, 0.29) is 11.8 Å². The number of fused-ring (bicyclic) bond motifs is 3. The van der Waals surface area contributed by atoms with Crippen molar-refractivity contribution in [3.05, 3.63) is 58.5 Å². The van der Waals surface area contributed by atoms with E-state index in [9.17, 15) is 4.79 Å². The number of imidazole rings is 1. The number of nitrogens with one attached hydrogen (secondary N) is 1. The summed E-state index contributed by atoms with van der Waals surface area (Å²) in [4.78, 5) is 17.5. The van der Waals surface area contributed by atoms with Gasteiger partial charge in [0.2, 0.25) is 5.91 Å². The molecule has 1 aliphatic rings. The topological polar surface area (TPSA) is 55.6 Å². The smallest absolute Gasteiger partial charge is 0.227 e. The first-order valence-electron chi connectivity index (χ1n) is 8.66. The fraction of sp³-hybridized carbons (Fsp3) is 0.300. The summed E-state index contributed by atoms with van der Waals surface area (Å²) in [7, 11) is 1.57. The summed E-state index contributed by atoms with van der Waals surface area (Å²) < 4.78 is 7.44. The Morgan fingerprint density at radius 1 is 1.38 bits per heavy atom. The molecule has 0 radical (unpaired) electrons. The number of nitrogens with zero attached hydrogens (tertiary/aromatic N) is 2. The lowest BCUT2D eigenvalue weighted by molar-refractivity contribution is -0.120. The summed E-state index contributed by atoms with van der Waals surface area (Å²) in [5, 5.41) is 3.64. The maximum absolute atomic E-state index is 12.9. The molecular weight excluding hydrogens is 350 g/mol. The number of benzene rings is 1. The first kappa shape index (κ1) is 16.9. The SMILES string of the molecule is COc1cc(Cl)c(C)cc1NC(=O)C1CCc2nc3ccccn3c2C1. The van der Waals surface area contributed by atoms with Crippen molar-refractivity contribution < 1.29 is 9.53 Å². The zero-order chi connectivity index (χ0) is 18.3. The van der Waals surface area contributed by atoms with E-state index in [2.05, 4.69) is 14.7 Å². The molecule has 1 aliphatic carbocycles. The van der Waals surface area contributed by atoms with Crippen LogP contribution in [-0.2, 0) is 17.6 Å². The van der Waals surface area contributed by atoms with Crippen molar-refractivity contribution in [1.29, 1.82) is 0 Å². The van der Waals surface area contributed by atoms with E-state index in [1.54, 1.807) is 13.2 Å². The monoisotopic (exact) mass is 369 g/mol. The molecular formula is C20H20ClN3O2. The fourth-order valence-corrected chi connectivity index (χ4v) is 3.70. The van der Waals surface area contributed by atoms with Crippen LogP contribution in [0.15, 0.2) is 36.5 Å². The van der Waals surface area contributed by atoms with Crippen LogP contribution in [0.3, 0.4) is 0 Å². The third-order valence-corrected chi connectivity index (χ3v) is 5.40. The normalized spacial score (nSPS) is 16.3. The van der Waals surface area contributed by atoms with Gasteiger partial charge in [-0.2, -0.15) is 0 Å². The van der Waals surface area contributed by atoms with Gasteiger partial charge in [-0.25, -0.2) is 4.98 Å². The van der Waals surface area contributed by atoms with Gasteiger partial charge in [-0.15, -0.1) is 0 Å². The van der Waals surface area contributed by atoms with Crippen LogP contribution < -0.4 is 10.1 Å². The third-order valence-electron chi connectivity index (χ3n) is 4.99. The van der Waals surface area contributed by atoms with E-state index in [0.717, 1.165) is 35.4 Å². The van der Waals surface area contributed by atoms with Gasteiger partial charge < -0.3 is 14.5 Å². The van der Waals surface area contributed by atoms with Crippen LogP contribution in [0.4, 0.5) is 5.69 Å². The van der Waals surface area contributed by atoms with Crippen molar-refractivity contribution >= 4 is 28.8 Å². The summed E-state index contributed by atoms with van der Waals surface area (Å²) in [5.74, 6) is 0.477. The zero-order valence-corrected chi connectivity index (χ0v) is 15.5. The number of rotatable bonds is 3. The number of hydrogen-bond donors (Lipinski definition) is 1. The molecule has 5 nitrogen and oxygen atoms in total. The molecule has 0 aliphatic heterocycles. The average Bonchev–Trinajstić information content (AvgIpc) is 3.02. The molecule has 3 aromatic rings. The Hall–Kier alpha value is -2.53. The van der Waals surface area contributed by atoms with Gasteiger partial charge in [-0.05, 0) is 43.5 Å². The maximum atomic E-state index is 12.9. The van der Waals surface area contributed by atoms with Crippen molar-refractivity contribution in [2.75, 3.05) is 12.4 Å². The lowest BCUT2D eigenvalue weighted by Crippen LogP contribution is -2.28. The Labute approximate surface area is 157 Å². The molecule has 0 spiro atoms. The highest BCUT2D eigenvalue weighted by Crippen LogP contribution is 2.33. The minimum Gasteiger partial charge on any atom is -0.495 e. The largest absolute Gasteiger partial charge is 0.495 e. The number of aryl methyl sites for hydroxylation is 2. The number of halogens is 1. The van der Waals surface area contributed by atoms with Crippen LogP contribution in [0.25, 0.3) is 5.65 Å². The average molecular weight is 370 g/mol. The second-order valence-electron chi connectivity index (χ2n) is 6.66. The van der Waals surface area contributed by atoms with Gasteiger partial charge in [0.25, 0.3) is 0 Å². The minimum absolute atomic E-state index is 0.00144. The zero-order valence-electron chi connectivity index (χ0n) is 14.8. The Morgan fingerprint density at radius 2 is 2.23 bits per heavy atom. The van der Waals surface area contributed by atoms with E-state index < -0.39 is 0 Å². The number of ether oxygens (including phenoxy) is 1. The van der Waals surface area contributed by atoms with E-state index in [1.807, 2.05) is 37.4 Å². The van der Waals surface area contributed by atoms with Crippen LogP contribution in [0.1, 0.15) is 23.4 Å². The van der Waals surface area contributed by atoms with Crippen molar-refractivity contribution in [2.45, 2.75) is 26.2 Å². The van der Waals surface area contributed by atoms with Crippen molar-refractivity contribution in [1.82, 2.24) is 9.38 Å². The molecule has 0 fully saturated rings. The summed E-state index contributed by atoms with van der Waals surface area (Å²) in [6.45, 7) is 1.91. The first-order chi connectivity index (χ1) is 12.6. The molecule has 1 N–H and O–H groups in total. The molecule has 0 bridgehead atoms. The van der Waals surface area contributed by atoms with E-state index >= 15 is 0 Å². The molecule has 0 saturated carbocycles. The molecule has 26 heavy (non-hydrogen) atoms. The molecule has 1 unspecified atom stereocenters. The number of anilines is 1. The van der Waals surface area contributed by atoms with Crippen LogP contribution in [0.2, 0.25) is 5.02 Å². The van der Waals surface area contributed by atoms with E-state index in [1.165, 1.54) is 0 Å². The highest BCUT2D eigenvalue weighted by molar-refractivity contribution is 6.31. The molecule has 4 rings (SSSR count). The second kappa shape index (κ2) is 6.65. The van der Waals surface area contributed by atoms with Gasteiger partial charge in [-0.1, -0.05) is 17.7 Å². The maximum Gasteiger partial charge on any atom is 0.227 e. The number of aromatic nitrogens is 2. The Balaban J connectivity index is 1.58. The minimum atomic E-state index is -0.0942. The highest BCUT2D eigenvalue weighted by atomic mass is 35.5. The predicted molar refractivity (Wildman–Crippen MR) is 102 cm³/mol. The highest BCUT2D eigenvalue weighted by Gasteiger charge is 2.28. The summed E-state index contributed by atoms with van der Waals surface area (Å²) >= 11 is 6.15. The first-order valence-corrected chi connectivity index (χ1v) is 9.04. The number of amides is 1. The van der Waals surface area contributed by atoms with Crippen molar-refractivity contribution in [3.63, 3.8) is 0 Å². The van der Waals surface area contributed by atoms with Crippen LogP contribution in [-0.4, -0.2) is 22.4 Å². The van der Waals surface area contributed by atoms with Gasteiger partial charge in [0.15, 0.2) is 0 Å². The Kier molecular flexibility index (Phi) is 4.32. The summed E-state index contributed by atoms with van der Waals surface area (Å²) in [6.07, 6.45) is 4.29. The third kappa shape index (κ3) is 2.92. The number of carbonyl (C=O) groups excluding carboxylic acids is 1. The predicted octanol–water partition coefficient (Wildman–Crippen LogP) is 4.05. The number of hydrogen-bond acceptors (Lipinski definition) is 3. The van der Waals surface area contributed by atoms with E-state index in [4.69, 9.17) is 16.3 Å². The van der Waals surface area contributed by atoms with Gasteiger partial charge in [0.05, 0.1) is 18.5 Å². The fourth-order valence-electron chi connectivity index (χ4n) is 3.55. The van der Waals surface area contributed by atoms with Gasteiger partial charge in [0, 0.05) is 35.3 Å². The quantitative estimate of drug-likeness (QED) is 0.757. The van der Waals surface area contributed by atoms with Crippen molar-refractivity contribution in [3.8, 4) is 5.75 Å². The molecule has 1 aromatic carbocycles. The van der Waals surface area contributed by atoms with Gasteiger partial charge >= 0.3 is 0 Å². The van der Waals surface area contributed by atoms with Crippen molar-refractivity contribution in [2.24, 2.45) is 5.92 Å². The molecule has 6 heteroatoms. The van der Waals surface area contributed by atoms with Crippen LogP contribution in [0.5, 0.6) is 5.75 Å².